The zero-order chi connectivity index (χ0) is 22.3. The predicted octanol–water partition coefficient (Wildman–Crippen LogP) is 5.55. The maximum absolute atomic E-state index is 12.5. The normalized spacial score (nSPS) is 19.5. The molecule has 5 rings (SSSR count). The van der Waals surface area contributed by atoms with Crippen LogP contribution in [0.3, 0.4) is 0 Å². The van der Waals surface area contributed by atoms with Crippen molar-refractivity contribution < 1.29 is 9.53 Å². The minimum Gasteiger partial charge on any atom is -0.444 e. The molecule has 3 aromatic rings. The Morgan fingerprint density at radius 2 is 1.97 bits per heavy atom. The number of carbonyl (C=O) groups is 1. The minimum absolute atomic E-state index is 0.158. The molecule has 2 aliphatic rings. The van der Waals surface area contributed by atoms with Gasteiger partial charge in [0.25, 0.3) is 0 Å². The Hall–Kier alpha value is -3.25. The lowest BCUT2D eigenvalue weighted by Crippen LogP contribution is -2.28. The van der Waals surface area contributed by atoms with E-state index in [-0.39, 0.29) is 18.7 Å². The van der Waals surface area contributed by atoms with Crippen LogP contribution in [0.25, 0.3) is 10.9 Å². The topological polar surface area (TPSA) is 69.4 Å². The SMILES string of the molecule is CN(C(=O)OCc1ccccc1)c1ccc2cc(C3NNC4=C3CCC(C)(C)C4)[nH]c2c1. The Labute approximate surface area is 188 Å². The lowest BCUT2D eigenvalue weighted by Gasteiger charge is -2.30. The summed E-state index contributed by atoms with van der Waals surface area (Å²) >= 11 is 0. The number of nitrogens with one attached hydrogen (secondary N) is 3. The number of allylic oxidation sites excluding steroid dienone is 1. The first-order valence-corrected chi connectivity index (χ1v) is 11.2. The van der Waals surface area contributed by atoms with E-state index in [0.29, 0.717) is 5.41 Å². The van der Waals surface area contributed by atoms with Gasteiger partial charge in [0.2, 0.25) is 0 Å². The van der Waals surface area contributed by atoms with Crippen LogP contribution in [0.15, 0.2) is 65.9 Å². The fourth-order valence-electron chi connectivity index (χ4n) is 4.68. The molecule has 2 heterocycles. The first kappa shape index (κ1) is 20.6. The Bertz CT molecular complexity index is 1180. The number of nitrogens with zero attached hydrogens (tertiary/aromatic N) is 1. The lowest BCUT2D eigenvalue weighted by molar-refractivity contribution is 0.148. The van der Waals surface area contributed by atoms with Gasteiger partial charge in [0.1, 0.15) is 6.61 Å². The van der Waals surface area contributed by atoms with E-state index in [9.17, 15) is 4.79 Å². The Balaban J connectivity index is 1.32. The number of hydrogen-bond donors (Lipinski definition) is 3. The molecule has 3 N–H and O–H groups in total. The van der Waals surface area contributed by atoms with Crippen molar-refractivity contribution in [2.75, 3.05) is 11.9 Å². The number of aromatic nitrogens is 1. The summed E-state index contributed by atoms with van der Waals surface area (Å²) in [5, 5.41) is 1.13. The fraction of sp³-hybridized carbons (Fsp3) is 0.346. The van der Waals surface area contributed by atoms with E-state index in [1.165, 1.54) is 17.7 Å². The van der Waals surface area contributed by atoms with E-state index < -0.39 is 0 Å². The molecule has 0 radical (unpaired) electrons. The van der Waals surface area contributed by atoms with Gasteiger partial charge >= 0.3 is 6.09 Å². The summed E-state index contributed by atoms with van der Waals surface area (Å²) < 4.78 is 5.47. The predicted molar refractivity (Wildman–Crippen MR) is 127 cm³/mol. The van der Waals surface area contributed by atoms with Crippen LogP contribution >= 0.6 is 0 Å². The van der Waals surface area contributed by atoms with Crippen LogP contribution in [0.2, 0.25) is 0 Å². The molecule has 0 fully saturated rings. The number of hydrogen-bond acceptors (Lipinski definition) is 4. The van der Waals surface area contributed by atoms with Crippen molar-refractivity contribution in [3.63, 3.8) is 0 Å². The van der Waals surface area contributed by atoms with Gasteiger partial charge in [-0.3, -0.25) is 4.90 Å². The molecule has 6 heteroatoms. The Kier molecular flexibility index (Phi) is 5.18. The van der Waals surface area contributed by atoms with Crippen molar-refractivity contribution in [1.82, 2.24) is 15.8 Å². The number of anilines is 1. The summed E-state index contributed by atoms with van der Waals surface area (Å²) in [5.41, 5.74) is 13.9. The van der Waals surface area contributed by atoms with Gasteiger partial charge in [-0.15, -0.1) is 0 Å². The van der Waals surface area contributed by atoms with Gasteiger partial charge in [0, 0.05) is 29.6 Å². The number of ether oxygens (including phenoxy) is 1. The molecular formula is C26H30N4O2. The second kappa shape index (κ2) is 8.02. The standard InChI is InChI=1S/C26H30N4O2/c1-26(2)12-11-20-23(15-26)28-29-24(20)22-13-18-9-10-19(14-21(18)27-22)30(3)25(31)32-16-17-7-5-4-6-8-17/h4-10,13-14,24,27-29H,11-12,15-16H2,1-3H3. The van der Waals surface area contributed by atoms with Gasteiger partial charge in [-0.25, -0.2) is 10.2 Å². The van der Waals surface area contributed by atoms with Gasteiger partial charge in [-0.1, -0.05) is 50.2 Å². The van der Waals surface area contributed by atoms with Crippen molar-refractivity contribution in [3.05, 3.63) is 77.1 Å². The third kappa shape index (κ3) is 3.98. The molecule has 6 nitrogen and oxygen atoms in total. The third-order valence-corrected chi connectivity index (χ3v) is 6.63. The summed E-state index contributed by atoms with van der Waals surface area (Å²) in [5.74, 6) is 0. The van der Waals surface area contributed by atoms with Crippen molar-refractivity contribution in [3.8, 4) is 0 Å². The van der Waals surface area contributed by atoms with Crippen molar-refractivity contribution in [2.24, 2.45) is 5.41 Å². The number of H-pyrrole nitrogens is 1. The largest absolute Gasteiger partial charge is 0.444 e. The van der Waals surface area contributed by atoms with E-state index in [4.69, 9.17) is 4.74 Å². The first-order valence-electron chi connectivity index (χ1n) is 11.2. The number of aromatic amines is 1. The summed E-state index contributed by atoms with van der Waals surface area (Å²) in [7, 11) is 1.74. The molecule has 1 amide bonds. The van der Waals surface area contributed by atoms with Crippen LogP contribution in [0.4, 0.5) is 10.5 Å². The van der Waals surface area contributed by atoms with Gasteiger partial charge in [-0.2, -0.15) is 0 Å². The highest BCUT2D eigenvalue weighted by atomic mass is 16.6. The highest BCUT2D eigenvalue weighted by molar-refractivity contribution is 5.91. The molecule has 0 saturated carbocycles. The molecule has 2 aromatic carbocycles. The average molecular weight is 431 g/mol. The van der Waals surface area contributed by atoms with E-state index in [1.54, 1.807) is 11.9 Å². The number of fused-ring (bicyclic) bond motifs is 1. The van der Waals surface area contributed by atoms with Crippen molar-refractivity contribution in [1.29, 1.82) is 0 Å². The molecule has 166 valence electrons. The van der Waals surface area contributed by atoms with Crippen LogP contribution in [0.5, 0.6) is 0 Å². The van der Waals surface area contributed by atoms with Crippen LogP contribution in [-0.2, 0) is 11.3 Å². The van der Waals surface area contributed by atoms with Gasteiger partial charge in [0.05, 0.1) is 6.04 Å². The smallest absolute Gasteiger partial charge is 0.414 e. The molecule has 1 atom stereocenters. The number of rotatable bonds is 4. The highest BCUT2D eigenvalue weighted by Gasteiger charge is 2.35. The summed E-state index contributed by atoms with van der Waals surface area (Å²) in [6, 6.07) is 18.1. The molecule has 0 bridgehead atoms. The number of benzene rings is 2. The average Bonchev–Trinajstić information content (AvgIpc) is 3.39. The number of hydrazine groups is 1. The second-order valence-corrected chi connectivity index (χ2v) is 9.64. The molecule has 1 unspecified atom stereocenters. The van der Waals surface area contributed by atoms with Crippen molar-refractivity contribution >= 4 is 22.7 Å². The Morgan fingerprint density at radius 3 is 2.78 bits per heavy atom. The second-order valence-electron chi connectivity index (χ2n) is 9.64. The first-order chi connectivity index (χ1) is 15.4. The Morgan fingerprint density at radius 1 is 1.16 bits per heavy atom. The van der Waals surface area contributed by atoms with Crippen LogP contribution < -0.4 is 15.8 Å². The fourth-order valence-corrected chi connectivity index (χ4v) is 4.68. The molecule has 1 aliphatic heterocycles. The maximum atomic E-state index is 12.5. The van der Waals surface area contributed by atoms with Crippen LogP contribution in [0.1, 0.15) is 50.4 Å². The summed E-state index contributed by atoms with van der Waals surface area (Å²) in [6.45, 7) is 4.92. The molecule has 32 heavy (non-hydrogen) atoms. The zero-order valence-corrected chi connectivity index (χ0v) is 18.9. The van der Waals surface area contributed by atoms with Crippen molar-refractivity contribution in [2.45, 2.75) is 45.8 Å². The molecular weight excluding hydrogens is 400 g/mol. The number of carbonyl (C=O) groups excluding carboxylic acids is 1. The maximum Gasteiger partial charge on any atom is 0.414 e. The molecule has 1 aromatic heterocycles. The van der Waals surface area contributed by atoms with Crippen LogP contribution in [0, 0.1) is 5.41 Å². The number of amides is 1. The van der Waals surface area contributed by atoms with E-state index in [1.807, 2.05) is 48.5 Å². The zero-order valence-electron chi connectivity index (χ0n) is 18.9. The lowest BCUT2D eigenvalue weighted by atomic mass is 9.75. The monoisotopic (exact) mass is 430 g/mol. The minimum atomic E-state index is -0.374. The van der Waals surface area contributed by atoms with Gasteiger partial charge < -0.3 is 15.1 Å². The van der Waals surface area contributed by atoms with E-state index in [2.05, 4.69) is 35.7 Å². The van der Waals surface area contributed by atoms with E-state index >= 15 is 0 Å². The van der Waals surface area contributed by atoms with Gasteiger partial charge in [0.15, 0.2) is 0 Å². The third-order valence-electron chi connectivity index (χ3n) is 6.63. The highest BCUT2D eigenvalue weighted by Crippen LogP contribution is 2.44. The van der Waals surface area contributed by atoms with Crippen LogP contribution in [-0.4, -0.2) is 18.1 Å². The molecule has 0 saturated heterocycles. The quantitative estimate of drug-likeness (QED) is 0.507. The summed E-state index contributed by atoms with van der Waals surface area (Å²) in [6.07, 6.45) is 3.00. The molecule has 0 spiro atoms. The van der Waals surface area contributed by atoms with Gasteiger partial charge in [-0.05, 0) is 59.4 Å². The summed E-state index contributed by atoms with van der Waals surface area (Å²) in [4.78, 5) is 17.7. The molecule has 1 aliphatic carbocycles. The van der Waals surface area contributed by atoms with E-state index in [0.717, 1.165) is 40.7 Å².